The standard InChI is InChI=1S/C18H21N3O4S3/c1-20(2)18(23)27-14-7-5-13(6-8-14)19-17(22)16-15(9-12-26-16)28(24,25)21-10-3-4-11-21/h5-9,12H,3-4,10-11H2,1-2H3,(H,19,22). The van der Waals surface area contributed by atoms with Crippen LogP contribution in [-0.2, 0) is 10.0 Å². The van der Waals surface area contributed by atoms with Crippen LogP contribution in [0.15, 0.2) is 45.5 Å². The molecule has 150 valence electrons. The summed E-state index contributed by atoms with van der Waals surface area (Å²) in [6, 6.07) is 8.33. The summed E-state index contributed by atoms with van der Waals surface area (Å²) in [7, 11) is -0.296. The Morgan fingerprint density at radius 3 is 2.36 bits per heavy atom. The highest BCUT2D eigenvalue weighted by Gasteiger charge is 2.31. The minimum absolute atomic E-state index is 0.0562. The van der Waals surface area contributed by atoms with Gasteiger partial charge in [-0.2, -0.15) is 4.31 Å². The normalized spacial score (nSPS) is 14.8. The van der Waals surface area contributed by atoms with Crippen LogP contribution in [0.4, 0.5) is 10.5 Å². The van der Waals surface area contributed by atoms with Crippen molar-refractivity contribution in [2.24, 2.45) is 0 Å². The topological polar surface area (TPSA) is 86.8 Å². The van der Waals surface area contributed by atoms with Crippen LogP contribution in [0.2, 0.25) is 0 Å². The molecule has 1 aromatic heterocycles. The number of anilines is 1. The van der Waals surface area contributed by atoms with E-state index in [0.717, 1.165) is 40.8 Å². The van der Waals surface area contributed by atoms with Gasteiger partial charge in [0.2, 0.25) is 10.0 Å². The van der Waals surface area contributed by atoms with E-state index in [1.807, 2.05) is 0 Å². The van der Waals surface area contributed by atoms with E-state index in [1.54, 1.807) is 43.7 Å². The van der Waals surface area contributed by atoms with Crippen LogP contribution in [0, 0.1) is 0 Å². The second-order valence-electron chi connectivity index (χ2n) is 6.47. The number of thiophene rings is 1. The molecule has 0 atom stereocenters. The molecule has 1 N–H and O–H groups in total. The van der Waals surface area contributed by atoms with Crippen LogP contribution in [0.25, 0.3) is 0 Å². The number of nitrogens with zero attached hydrogens (tertiary/aromatic N) is 2. The van der Waals surface area contributed by atoms with Crippen molar-refractivity contribution in [2.45, 2.75) is 22.6 Å². The second-order valence-corrected chi connectivity index (χ2v) is 10.3. The van der Waals surface area contributed by atoms with Crippen molar-refractivity contribution in [3.8, 4) is 0 Å². The highest BCUT2D eigenvalue weighted by Crippen LogP contribution is 2.29. The first-order valence-corrected chi connectivity index (χ1v) is 11.8. The number of hydrogen-bond donors (Lipinski definition) is 1. The van der Waals surface area contributed by atoms with Crippen LogP contribution in [0.3, 0.4) is 0 Å². The van der Waals surface area contributed by atoms with Crippen LogP contribution < -0.4 is 5.32 Å². The van der Waals surface area contributed by atoms with Gasteiger partial charge in [-0.3, -0.25) is 9.59 Å². The predicted octanol–water partition coefficient (Wildman–Crippen LogP) is 3.56. The van der Waals surface area contributed by atoms with Gasteiger partial charge in [0.05, 0.1) is 0 Å². The van der Waals surface area contributed by atoms with E-state index in [1.165, 1.54) is 15.3 Å². The van der Waals surface area contributed by atoms with Gasteiger partial charge in [-0.15, -0.1) is 11.3 Å². The van der Waals surface area contributed by atoms with Gasteiger partial charge in [-0.05, 0) is 60.3 Å². The Morgan fingerprint density at radius 2 is 1.75 bits per heavy atom. The third-order valence-corrected chi connectivity index (χ3v) is 8.23. The summed E-state index contributed by atoms with van der Waals surface area (Å²) >= 11 is 2.19. The summed E-state index contributed by atoms with van der Waals surface area (Å²) in [5, 5.41) is 4.26. The molecule has 2 aromatic rings. The molecule has 10 heteroatoms. The summed E-state index contributed by atoms with van der Waals surface area (Å²) in [6.07, 6.45) is 1.68. The van der Waals surface area contributed by atoms with Crippen LogP contribution in [0.5, 0.6) is 0 Å². The first-order valence-electron chi connectivity index (χ1n) is 8.67. The van der Waals surface area contributed by atoms with Crippen molar-refractivity contribution in [1.82, 2.24) is 9.21 Å². The zero-order valence-electron chi connectivity index (χ0n) is 15.5. The molecule has 0 radical (unpaired) electrons. The molecule has 28 heavy (non-hydrogen) atoms. The number of carbonyl (C=O) groups excluding carboxylic acids is 2. The fourth-order valence-corrected chi connectivity index (χ4v) is 6.19. The average molecular weight is 440 g/mol. The Hall–Kier alpha value is -1.88. The number of amides is 2. The second kappa shape index (κ2) is 8.64. The Labute approximate surface area is 172 Å². The molecule has 1 fully saturated rings. The summed E-state index contributed by atoms with van der Waals surface area (Å²) in [5.41, 5.74) is 0.532. The lowest BCUT2D eigenvalue weighted by Crippen LogP contribution is -2.29. The van der Waals surface area contributed by atoms with E-state index < -0.39 is 15.9 Å². The molecular formula is C18H21N3O4S3. The molecule has 0 spiro atoms. The maximum atomic E-state index is 12.8. The van der Waals surface area contributed by atoms with Crippen LogP contribution in [0.1, 0.15) is 22.5 Å². The monoisotopic (exact) mass is 439 g/mol. The van der Waals surface area contributed by atoms with Gasteiger partial charge in [-0.25, -0.2) is 8.42 Å². The highest BCUT2D eigenvalue weighted by molar-refractivity contribution is 8.13. The van der Waals surface area contributed by atoms with E-state index in [2.05, 4.69) is 5.32 Å². The van der Waals surface area contributed by atoms with Crippen molar-refractivity contribution in [3.63, 3.8) is 0 Å². The summed E-state index contributed by atoms with van der Waals surface area (Å²) in [5.74, 6) is -0.461. The molecule has 0 bridgehead atoms. The summed E-state index contributed by atoms with van der Waals surface area (Å²) < 4.78 is 27.0. The van der Waals surface area contributed by atoms with Gasteiger partial charge >= 0.3 is 0 Å². The zero-order valence-corrected chi connectivity index (χ0v) is 18.0. The number of nitrogens with one attached hydrogen (secondary N) is 1. The van der Waals surface area contributed by atoms with Gasteiger partial charge in [-0.1, -0.05) is 0 Å². The van der Waals surface area contributed by atoms with Crippen molar-refractivity contribution in [3.05, 3.63) is 40.6 Å². The molecule has 1 saturated heterocycles. The average Bonchev–Trinajstić information content (AvgIpc) is 3.35. The van der Waals surface area contributed by atoms with E-state index >= 15 is 0 Å². The molecule has 2 heterocycles. The van der Waals surface area contributed by atoms with E-state index in [4.69, 9.17) is 0 Å². The lowest BCUT2D eigenvalue weighted by molar-refractivity contribution is 0.102. The first kappa shape index (κ1) is 20.8. The molecule has 1 aromatic carbocycles. The lowest BCUT2D eigenvalue weighted by atomic mass is 10.3. The van der Waals surface area contributed by atoms with Crippen LogP contribution in [-0.4, -0.2) is 56.0 Å². The first-order chi connectivity index (χ1) is 13.3. The van der Waals surface area contributed by atoms with E-state index in [9.17, 15) is 18.0 Å². The fraction of sp³-hybridized carbons (Fsp3) is 0.333. The number of rotatable bonds is 5. The molecule has 1 aliphatic rings. The minimum atomic E-state index is -3.65. The molecule has 0 saturated carbocycles. The number of carbonyl (C=O) groups is 2. The fourth-order valence-electron chi connectivity index (χ4n) is 2.72. The summed E-state index contributed by atoms with van der Waals surface area (Å²) in [6.45, 7) is 0.980. The smallest absolute Gasteiger partial charge is 0.285 e. The van der Waals surface area contributed by atoms with Crippen LogP contribution >= 0.6 is 23.1 Å². The Balaban J connectivity index is 1.72. The van der Waals surface area contributed by atoms with Gasteiger partial charge in [0.1, 0.15) is 9.77 Å². The molecule has 1 aliphatic heterocycles. The quantitative estimate of drug-likeness (QED) is 0.720. The van der Waals surface area contributed by atoms with Crippen molar-refractivity contribution in [2.75, 3.05) is 32.5 Å². The number of sulfonamides is 1. The van der Waals surface area contributed by atoms with Gasteiger partial charge in [0.15, 0.2) is 0 Å². The summed E-state index contributed by atoms with van der Waals surface area (Å²) in [4.78, 5) is 26.9. The predicted molar refractivity (Wildman–Crippen MR) is 112 cm³/mol. The van der Waals surface area contributed by atoms with Gasteiger partial charge in [0.25, 0.3) is 11.1 Å². The molecule has 3 rings (SSSR count). The maximum Gasteiger partial charge on any atom is 0.285 e. The minimum Gasteiger partial charge on any atom is -0.339 e. The zero-order chi connectivity index (χ0) is 20.3. The SMILES string of the molecule is CN(C)C(=O)Sc1ccc(NC(=O)c2sccc2S(=O)(=O)N2CCCC2)cc1. The third-order valence-electron chi connectivity index (χ3n) is 4.20. The number of thioether (sulfide) groups is 1. The van der Waals surface area contributed by atoms with Crippen molar-refractivity contribution in [1.29, 1.82) is 0 Å². The Morgan fingerprint density at radius 1 is 1.11 bits per heavy atom. The molecular weight excluding hydrogens is 418 g/mol. The molecule has 7 nitrogen and oxygen atoms in total. The largest absolute Gasteiger partial charge is 0.339 e. The highest BCUT2D eigenvalue weighted by atomic mass is 32.2. The van der Waals surface area contributed by atoms with Crippen molar-refractivity contribution >= 4 is 50.0 Å². The maximum absolute atomic E-state index is 12.8. The molecule has 2 amide bonds. The molecule has 0 aliphatic carbocycles. The van der Waals surface area contributed by atoms with Gasteiger partial charge in [0, 0.05) is 37.8 Å². The third kappa shape index (κ3) is 4.57. The van der Waals surface area contributed by atoms with E-state index in [-0.39, 0.29) is 15.0 Å². The lowest BCUT2D eigenvalue weighted by Gasteiger charge is -2.15. The van der Waals surface area contributed by atoms with Gasteiger partial charge < -0.3 is 10.2 Å². The number of benzene rings is 1. The molecule has 0 unspecified atom stereocenters. The Bertz CT molecular complexity index is 962. The Kier molecular flexibility index (Phi) is 6.43. The van der Waals surface area contributed by atoms with Crippen molar-refractivity contribution < 1.29 is 18.0 Å². The van der Waals surface area contributed by atoms with E-state index in [0.29, 0.717) is 18.8 Å². The number of hydrogen-bond acceptors (Lipinski definition) is 6.